The number of hydrogen-bond donors (Lipinski definition) is 0. The van der Waals surface area contributed by atoms with Crippen molar-refractivity contribution in [3.63, 3.8) is 0 Å². The Balaban J connectivity index is 1.68. The summed E-state index contributed by atoms with van der Waals surface area (Å²) in [6, 6.07) is 22.6. The number of aromatic nitrogens is 2. The van der Waals surface area contributed by atoms with Crippen LogP contribution >= 0.6 is 0 Å². The zero-order valence-electron chi connectivity index (χ0n) is 15.0. The fourth-order valence-corrected chi connectivity index (χ4v) is 3.26. The van der Waals surface area contributed by atoms with Crippen molar-refractivity contribution in [3.8, 4) is 22.9 Å². The van der Waals surface area contributed by atoms with Crippen molar-refractivity contribution in [1.29, 1.82) is 0 Å². The van der Waals surface area contributed by atoms with Crippen LogP contribution in [0.5, 0.6) is 0 Å². The van der Waals surface area contributed by atoms with E-state index < -0.39 is 0 Å². The normalized spacial score (nSPS) is 11.0. The second kappa shape index (κ2) is 7.00. The van der Waals surface area contributed by atoms with Crippen LogP contribution < -0.4 is 4.90 Å². The molecule has 0 aliphatic carbocycles. The van der Waals surface area contributed by atoms with Gasteiger partial charge in [-0.1, -0.05) is 36.4 Å². The third kappa shape index (κ3) is 2.94. The van der Waals surface area contributed by atoms with Crippen molar-refractivity contribution in [2.24, 2.45) is 0 Å². The molecule has 0 amide bonds. The van der Waals surface area contributed by atoms with E-state index in [0.717, 1.165) is 35.0 Å². The minimum atomic E-state index is 0.541. The monoisotopic (exact) mass is 343 g/mol. The zero-order chi connectivity index (χ0) is 17.9. The first kappa shape index (κ1) is 16.3. The lowest BCUT2D eigenvalue weighted by atomic mass is 10.0. The van der Waals surface area contributed by atoms with Crippen molar-refractivity contribution in [1.82, 2.24) is 10.2 Å². The Kier molecular flexibility index (Phi) is 4.40. The molecule has 0 fully saturated rings. The zero-order valence-corrected chi connectivity index (χ0v) is 15.0. The summed E-state index contributed by atoms with van der Waals surface area (Å²) in [5.74, 6) is 1.09. The minimum Gasteiger partial charge on any atom is -0.416 e. The molecule has 26 heavy (non-hydrogen) atoms. The Hall–Kier alpha value is -3.14. The molecule has 4 heteroatoms. The van der Waals surface area contributed by atoms with E-state index in [1.54, 1.807) is 0 Å². The number of hydrogen-bond acceptors (Lipinski definition) is 4. The van der Waals surface area contributed by atoms with Gasteiger partial charge in [-0.2, -0.15) is 0 Å². The second-order valence-electron chi connectivity index (χ2n) is 6.16. The molecule has 0 spiro atoms. The highest BCUT2D eigenvalue weighted by atomic mass is 16.4. The molecule has 0 saturated heterocycles. The van der Waals surface area contributed by atoms with Crippen LogP contribution in [0.15, 0.2) is 71.1 Å². The minimum absolute atomic E-state index is 0.541. The lowest BCUT2D eigenvalue weighted by Gasteiger charge is -2.20. The molecular formula is C22H21N3O. The molecule has 0 unspecified atom stereocenters. The Morgan fingerprint density at radius 3 is 2.23 bits per heavy atom. The quantitative estimate of drug-likeness (QED) is 0.486. The first-order valence-corrected chi connectivity index (χ1v) is 8.97. The molecule has 0 aliphatic rings. The van der Waals surface area contributed by atoms with Gasteiger partial charge in [-0.25, -0.2) is 0 Å². The highest BCUT2D eigenvalue weighted by Gasteiger charge is 2.13. The molecule has 0 N–H and O–H groups in total. The average molecular weight is 343 g/mol. The number of fused-ring (bicyclic) bond motifs is 1. The number of anilines is 1. The van der Waals surface area contributed by atoms with E-state index in [4.69, 9.17) is 4.42 Å². The first-order chi connectivity index (χ1) is 12.8. The third-order valence-corrected chi connectivity index (χ3v) is 4.69. The van der Waals surface area contributed by atoms with E-state index in [1.807, 2.05) is 36.4 Å². The second-order valence-corrected chi connectivity index (χ2v) is 6.16. The van der Waals surface area contributed by atoms with Gasteiger partial charge in [-0.3, -0.25) is 0 Å². The molecule has 1 aromatic heterocycles. The fraction of sp³-hybridized carbons (Fsp3) is 0.182. The van der Waals surface area contributed by atoms with Gasteiger partial charge >= 0.3 is 0 Å². The van der Waals surface area contributed by atoms with Gasteiger partial charge < -0.3 is 9.32 Å². The van der Waals surface area contributed by atoms with E-state index in [9.17, 15) is 0 Å². The van der Waals surface area contributed by atoms with Crippen molar-refractivity contribution >= 4 is 16.5 Å². The van der Waals surface area contributed by atoms with Crippen LogP contribution in [0.2, 0.25) is 0 Å². The van der Waals surface area contributed by atoms with Crippen LogP contribution in [-0.4, -0.2) is 23.3 Å². The molecule has 0 radical (unpaired) electrons. The Labute approximate surface area is 153 Å². The SMILES string of the molecule is CCN(CC)c1ccc(-c2nnc(-c3cccc4ccccc34)o2)cc1. The van der Waals surface area contributed by atoms with E-state index in [0.29, 0.717) is 11.8 Å². The maximum atomic E-state index is 5.98. The van der Waals surface area contributed by atoms with Crippen molar-refractivity contribution < 1.29 is 4.42 Å². The summed E-state index contributed by atoms with van der Waals surface area (Å²) in [4.78, 5) is 2.30. The Bertz CT molecular complexity index is 1010. The Morgan fingerprint density at radius 1 is 0.769 bits per heavy atom. The molecule has 4 aromatic rings. The number of nitrogens with zero attached hydrogens (tertiary/aromatic N) is 3. The molecule has 4 rings (SSSR count). The maximum Gasteiger partial charge on any atom is 0.248 e. The first-order valence-electron chi connectivity index (χ1n) is 8.97. The van der Waals surface area contributed by atoms with E-state index in [1.165, 1.54) is 5.69 Å². The predicted octanol–water partition coefficient (Wildman–Crippen LogP) is 5.40. The Morgan fingerprint density at radius 2 is 1.46 bits per heavy atom. The number of rotatable bonds is 5. The molecule has 1 heterocycles. The summed E-state index contributed by atoms with van der Waals surface area (Å²) < 4.78 is 5.98. The van der Waals surface area contributed by atoms with E-state index >= 15 is 0 Å². The van der Waals surface area contributed by atoms with Crippen LogP contribution in [0.4, 0.5) is 5.69 Å². The average Bonchev–Trinajstić information content (AvgIpc) is 3.19. The van der Waals surface area contributed by atoms with Gasteiger partial charge in [0, 0.05) is 29.9 Å². The van der Waals surface area contributed by atoms with Crippen LogP contribution in [0, 0.1) is 0 Å². The van der Waals surface area contributed by atoms with Gasteiger partial charge in [-0.05, 0) is 55.0 Å². The van der Waals surface area contributed by atoms with Crippen LogP contribution in [0.25, 0.3) is 33.7 Å². The lowest BCUT2D eigenvalue weighted by molar-refractivity contribution is 0.585. The van der Waals surface area contributed by atoms with Gasteiger partial charge in [0.1, 0.15) is 0 Å². The predicted molar refractivity (Wildman–Crippen MR) is 106 cm³/mol. The summed E-state index contributed by atoms with van der Waals surface area (Å²) >= 11 is 0. The van der Waals surface area contributed by atoms with Crippen molar-refractivity contribution in [2.45, 2.75) is 13.8 Å². The molecule has 4 nitrogen and oxygen atoms in total. The topological polar surface area (TPSA) is 42.2 Å². The molecule has 0 bridgehead atoms. The highest BCUT2D eigenvalue weighted by Crippen LogP contribution is 2.30. The largest absolute Gasteiger partial charge is 0.416 e. The van der Waals surface area contributed by atoms with Crippen LogP contribution in [0.1, 0.15) is 13.8 Å². The molecular weight excluding hydrogens is 322 g/mol. The summed E-state index contributed by atoms with van der Waals surface area (Å²) in [6.45, 7) is 6.29. The molecule has 0 atom stereocenters. The smallest absolute Gasteiger partial charge is 0.248 e. The van der Waals surface area contributed by atoms with Gasteiger partial charge in [0.25, 0.3) is 0 Å². The standard InChI is InChI=1S/C22H21N3O/c1-3-25(4-2)18-14-12-17(13-15-18)21-23-24-22(26-21)20-11-7-9-16-8-5-6-10-19(16)20/h5-15H,3-4H2,1-2H3. The third-order valence-electron chi connectivity index (χ3n) is 4.69. The summed E-state index contributed by atoms with van der Waals surface area (Å²) in [5, 5.41) is 10.8. The molecule has 0 saturated carbocycles. The molecule has 3 aromatic carbocycles. The molecule has 130 valence electrons. The van der Waals surface area contributed by atoms with Gasteiger partial charge in [-0.15, -0.1) is 10.2 Å². The van der Waals surface area contributed by atoms with Crippen molar-refractivity contribution in [2.75, 3.05) is 18.0 Å². The van der Waals surface area contributed by atoms with Crippen LogP contribution in [0.3, 0.4) is 0 Å². The summed E-state index contributed by atoms with van der Waals surface area (Å²) in [5.41, 5.74) is 3.09. The van der Waals surface area contributed by atoms with E-state index in [2.05, 4.69) is 59.3 Å². The summed E-state index contributed by atoms with van der Waals surface area (Å²) in [6.07, 6.45) is 0. The lowest BCUT2D eigenvalue weighted by Crippen LogP contribution is -2.21. The van der Waals surface area contributed by atoms with Gasteiger partial charge in [0.2, 0.25) is 11.8 Å². The van der Waals surface area contributed by atoms with Gasteiger partial charge in [0.05, 0.1) is 0 Å². The van der Waals surface area contributed by atoms with E-state index in [-0.39, 0.29) is 0 Å². The number of benzene rings is 3. The van der Waals surface area contributed by atoms with Crippen molar-refractivity contribution in [3.05, 3.63) is 66.7 Å². The van der Waals surface area contributed by atoms with Gasteiger partial charge in [0.15, 0.2) is 0 Å². The highest BCUT2D eigenvalue weighted by molar-refractivity contribution is 5.94. The maximum absolute atomic E-state index is 5.98. The molecule has 0 aliphatic heterocycles. The fourth-order valence-electron chi connectivity index (χ4n) is 3.26. The van der Waals surface area contributed by atoms with Crippen LogP contribution in [-0.2, 0) is 0 Å². The summed E-state index contributed by atoms with van der Waals surface area (Å²) in [7, 11) is 0.